The van der Waals surface area contributed by atoms with Gasteiger partial charge in [-0.3, -0.25) is 4.98 Å². The summed E-state index contributed by atoms with van der Waals surface area (Å²) in [7, 11) is 1.91. The lowest BCUT2D eigenvalue weighted by Gasteiger charge is -2.22. The minimum atomic E-state index is -0.0274. The van der Waals surface area contributed by atoms with Crippen molar-refractivity contribution >= 4 is 11.6 Å². The Morgan fingerprint density at radius 3 is 2.55 bits per heavy atom. The van der Waals surface area contributed by atoms with Crippen molar-refractivity contribution in [1.82, 2.24) is 10.3 Å². The van der Waals surface area contributed by atoms with E-state index in [1.807, 2.05) is 45.2 Å². The number of nitrogens with one attached hydrogen (secondary N) is 1. The van der Waals surface area contributed by atoms with Gasteiger partial charge in [0, 0.05) is 18.0 Å². The maximum atomic E-state index is 6.26. The van der Waals surface area contributed by atoms with Crippen LogP contribution in [0.25, 0.3) is 0 Å². The van der Waals surface area contributed by atoms with Gasteiger partial charge in [-0.2, -0.15) is 0 Å². The molecule has 20 heavy (non-hydrogen) atoms. The molecule has 1 aromatic carbocycles. The van der Waals surface area contributed by atoms with Crippen molar-refractivity contribution < 1.29 is 4.74 Å². The Hall–Kier alpha value is -1.58. The topological polar surface area (TPSA) is 34.2 Å². The van der Waals surface area contributed by atoms with Crippen LogP contribution in [-0.4, -0.2) is 18.1 Å². The van der Waals surface area contributed by atoms with Crippen molar-refractivity contribution in [3.63, 3.8) is 0 Å². The molecule has 0 saturated carbocycles. The van der Waals surface area contributed by atoms with Gasteiger partial charge in [-0.15, -0.1) is 0 Å². The van der Waals surface area contributed by atoms with Crippen molar-refractivity contribution in [3.8, 4) is 5.75 Å². The molecule has 0 aliphatic carbocycles. The van der Waals surface area contributed by atoms with E-state index in [0.717, 1.165) is 16.9 Å². The van der Waals surface area contributed by atoms with Gasteiger partial charge in [-0.25, -0.2) is 0 Å². The summed E-state index contributed by atoms with van der Waals surface area (Å²) in [5.41, 5.74) is 2.06. The average Bonchev–Trinajstić information content (AvgIpc) is 2.43. The summed E-state index contributed by atoms with van der Waals surface area (Å²) in [6, 6.07) is 9.91. The number of para-hydroxylation sites is 1. The van der Waals surface area contributed by atoms with Crippen LogP contribution < -0.4 is 10.1 Å². The highest BCUT2D eigenvalue weighted by molar-refractivity contribution is 6.31. The molecule has 0 saturated heterocycles. The molecule has 1 heterocycles. The van der Waals surface area contributed by atoms with Gasteiger partial charge in [-0.1, -0.05) is 29.8 Å². The van der Waals surface area contributed by atoms with Crippen molar-refractivity contribution in [2.45, 2.75) is 26.0 Å². The summed E-state index contributed by atoms with van der Waals surface area (Å²) in [6.07, 6.45) is 3.53. The molecular weight excluding hydrogens is 272 g/mol. The SMILES string of the molecule is CNC(c1ccncc1Cl)c1ccccc1OC(C)C. The van der Waals surface area contributed by atoms with Gasteiger partial charge in [0.1, 0.15) is 5.75 Å². The molecule has 2 aromatic rings. The van der Waals surface area contributed by atoms with E-state index in [4.69, 9.17) is 16.3 Å². The summed E-state index contributed by atoms with van der Waals surface area (Å²) in [5.74, 6) is 0.870. The smallest absolute Gasteiger partial charge is 0.124 e. The van der Waals surface area contributed by atoms with Crippen LogP contribution in [0.5, 0.6) is 5.75 Å². The molecule has 1 N–H and O–H groups in total. The van der Waals surface area contributed by atoms with Gasteiger partial charge in [0.15, 0.2) is 0 Å². The van der Waals surface area contributed by atoms with E-state index in [1.54, 1.807) is 12.4 Å². The summed E-state index contributed by atoms with van der Waals surface area (Å²) < 4.78 is 5.89. The zero-order valence-corrected chi connectivity index (χ0v) is 12.7. The first-order valence-corrected chi connectivity index (χ1v) is 7.03. The van der Waals surface area contributed by atoms with E-state index < -0.39 is 0 Å². The third kappa shape index (κ3) is 3.30. The van der Waals surface area contributed by atoms with Gasteiger partial charge in [0.25, 0.3) is 0 Å². The highest BCUT2D eigenvalue weighted by Gasteiger charge is 2.19. The van der Waals surface area contributed by atoms with Crippen molar-refractivity contribution in [1.29, 1.82) is 0 Å². The van der Waals surface area contributed by atoms with Crippen molar-refractivity contribution in [2.24, 2.45) is 0 Å². The Bertz CT molecular complexity index is 572. The lowest BCUT2D eigenvalue weighted by Crippen LogP contribution is -2.20. The standard InChI is InChI=1S/C16H19ClN2O/c1-11(2)20-15-7-5-4-6-13(15)16(18-3)12-8-9-19-10-14(12)17/h4-11,16,18H,1-3H3. The van der Waals surface area contributed by atoms with E-state index in [0.29, 0.717) is 5.02 Å². The second-order valence-electron chi connectivity index (χ2n) is 4.82. The summed E-state index contributed by atoms with van der Waals surface area (Å²) in [4.78, 5) is 4.04. The molecule has 0 fully saturated rings. The normalized spacial score (nSPS) is 12.4. The molecule has 3 nitrogen and oxygen atoms in total. The van der Waals surface area contributed by atoms with E-state index in [9.17, 15) is 0 Å². The van der Waals surface area contributed by atoms with Crippen LogP contribution in [0.1, 0.15) is 31.0 Å². The Kier molecular flexibility index (Phi) is 4.99. The fraction of sp³-hybridized carbons (Fsp3) is 0.312. The van der Waals surface area contributed by atoms with Crippen LogP contribution in [0.2, 0.25) is 5.02 Å². The first-order valence-electron chi connectivity index (χ1n) is 6.65. The maximum Gasteiger partial charge on any atom is 0.124 e. The number of pyridine rings is 1. The molecule has 1 atom stereocenters. The summed E-state index contributed by atoms with van der Waals surface area (Å²) in [6.45, 7) is 4.04. The minimum Gasteiger partial charge on any atom is -0.491 e. The number of rotatable bonds is 5. The first-order chi connectivity index (χ1) is 9.63. The minimum absolute atomic E-state index is 0.0274. The molecule has 106 valence electrons. The highest BCUT2D eigenvalue weighted by atomic mass is 35.5. The van der Waals surface area contributed by atoms with E-state index in [1.165, 1.54) is 0 Å². The van der Waals surface area contributed by atoms with Gasteiger partial charge in [-0.05, 0) is 38.6 Å². The Morgan fingerprint density at radius 2 is 1.90 bits per heavy atom. The molecule has 0 amide bonds. The predicted molar refractivity (Wildman–Crippen MR) is 82.4 cm³/mol. The first kappa shape index (κ1) is 14.8. The number of benzene rings is 1. The molecule has 0 aliphatic rings. The number of ether oxygens (including phenoxy) is 1. The van der Waals surface area contributed by atoms with Gasteiger partial charge < -0.3 is 10.1 Å². The third-order valence-corrected chi connectivity index (χ3v) is 3.31. The largest absolute Gasteiger partial charge is 0.491 e. The number of aromatic nitrogens is 1. The van der Waals surface area contributed by atoms with E-state index in [-0.39, 0.29) is 12.1 Å². The molecule has 1 unspecified atom stereocenters. The molecule has 0 radical (unpaired) electrons. The van der Waals surface area contributed by atoms with Crippen LogP contribution in [0, 0.1) is 0 Å². The monoisotopic (exact) mass is 290 g/mol. The molecule has 2 rings (SSSR count). The molecule has 4 heteroatoms. The molecular formula is C16H19ClN2O. The Balaban J connectivity index is 2.45. The lowest BCUT2D eigenvalue weighted by atomic mass is 9.99. The molecule has 0 aliphatic heterocycles. The van der Waals surface area contributed by atoms with Gasteiger partial charge in [0.2, 0.25) is 0 Å². The summed E-state index contributed by atoms with van der Waals surface area (Å²) >= 11 is 6.26. The van der Waals surface area contributed by atoms with Crippen LogP contribution in [0.15, 0.2) is 42.7 Å². The fourth-order valence-corrected chi connectivity index (χ4v) is 2.41. The Labute approximate surface area is 124 Å². The number of nitrogens with zero attached hydrogens (tertiary/aromatic N) is 1. The maximum absolute atomic E-state index is 6.26. The second kappa shape index (κ2) is 6.73. The van der Waals surface area contributed by atoms with E-state index in [2.05, 4.69) is 16.4 Å². The van der Waals surface area contributed by atoms with Crippen LogP contribution in [-0.2, 0) is 0 Å². The van der Waals surface area contributed by atoms with Gasteiger partial charge in [0.05, 0.1) is 17.2 Å². The third-order valence-electron chi connectivity index (χ3n) is 3.00. The second-order valence-corrected chi connectivity index (χ2v) is 5.23. The fourth-order valence-electron chi connectivity index (χ4n) is 2.18. The van der Waals surface area contributed by atoms with Crippen molar-refractivity contribution in [3.05, 3.63) is 58.9 Å². The quantitative estimate of drug-likeness (QED) is 0.909. The zero-order chi connectivity index (χ0) is 14.5. The van der Waals surface area contributed by atoms with E-state index >= 15 is 0 Å². The van der Waals surface area contributed by atoms with Crippen molar-refractivity contribution in [2.75, 3.05) is 7.05 Å². The lowest BCUT2D eigenvalue weighted by molar-refractivity contribution is 0.238. The van der Waals surface area contributed by atoms with Gasteiger partial charge >= 0.3 is 0 Å². The number of hydrogen-bond acceptors (Lipinski definition) is 3. The van der Waals surface area contributed by atoms with Crippen LogP contribution in [0.3, 0.4) is 0 Å². The Morgan fingerprint density at radius 1 is 1.15 bits per heavy atom. The zero-order valence-electron chi connectivity index (χ0n) is 11.9. The number of halogens is 1. The highest BCUT2D eigenvalue weighted by Crippen LogP contribution is 2.33. The average molecular weight is 291 g/mol. The van der Waals surface area contributed by atoms with Crippen LogP contribution in [0.4, 0.5) is 0 Å². The number of hydrogen-bond donors (Lipinski definition) is 1. The molecule has 0 bridgehead atoms. The predicted octanol–water partition coefficient (Wildman–Crippen LogP) is 3.83. The summed E-state index contributed by atoms with van der Waals surface area (Å²) in [5, 5.41) is 3.94. The molecule has 0 spiro atoms. The molecule has 1 aromatic heterocycles. The van der Waals surface area contributed by atoms with Crippen LogP contribution >= 0.6 is 11.6 Å².